The summed E-state index contributed by atoms with van der Waals surface area (Å²) in [6.07, 6.45) is 18.5. The van der Waals surface area contributed by atoms with Gasteiger partial charge in [0.1, 0.15) is 18.8 Å². The molecule has 0 aromatic carbocycles. The SMILES string of the molecule is CCCCCCCCCCCCCCCC1OCC(COC(=O)O[C@@H]2C(=O)C=C(C)C3C[C@@H]4CC(CC[C@H](C)CC(OC(=O)CC(C(C)C)C(C)C)C(=O)O4)[C@]32C)O1. The second kappa shape index (κ2) is 24.1. The van der Waals surface area contributed by atoms with Crippen molar-refractivity contribution in [3.05, 3.63) is 11.6 Å². The number of rotatable bonds is 22. The average Bonchev–Trinajstić information content (AvgIpc) is 3.63. The minimum atomic E-state index is -1.03. The molecular weight excluding hydrogens is 737 g/mol. The lowest BCUT2D eigenvalue weighted by atomic mass is 9.52. The van der Waals surface area contributed by atoms with Crippen molar-refractivity contribution < 1.29 is 47.6 Å². The number of allylic oxidation sites excluding steroid dienone is 1. The molecule has 0 amide bonds. The molecular formula is C48H80O10. The van der Waals surface area contributed by atoms with Crippen LogP contribution in [0.15, 0.2) is 11.6 Å². The van der Waals surface area contributed by atoms with Gasteiger partial charge in [-0.2, -0.15) is 0 Å². The van der Waals surface area contributed by atoms with Crippen molar-refractivity contribution in [2.75, 3.05) is 13.2 Å². The van der Waals surface area contributed by atoms with Gasteiger partial charge in [-0.15, -0.1) is 0 Å². The Balaban J connectivity index is 1.23. The summed E-state index contributed by atoms with van der Waals surface area (Å²) in [7, 11) is 0. The largest absolute Gasteiger partial charge is 0.509 e. The Morgan fingerprint density at radius 1 is 0.845 bits per heavy atom. The average molecular weight is 817 g/mol. The number of ether oxygens (including phenoxy) is 6. The predicted molar refractivity (Wildman–Crippen MR) is 225 cm³/mol. The van der Waals surface area contributed by atoms with Gasteiger partial charge in [-0.05, 0) is 87.0 Å². The van der Waals surface area contributed by atoms with E-state index in [0.717, 1.165) is 37.7 Å². The fraction of sp³-hybridized carbons (Fsp3) is 0.875. The third-order valence-electron chi connectivity index (χ3n) is 13.9. The predicted octanol–water partition coefficient (Wildman–Crippen LogP) is 11.3. The van der Waals surface area contributed by atoms with Gasteiger partial charge in [0.15, 0.2) is 24.3 Å². The fourth-order valence-corrected chi connectivity index (χ4v) is 10.4. The van der Waals surface area contributed by atoms with Gasteiger partial charge in [0, 0.05) is 11.8 Å². The highest BCUT2D eigenvalue weighted by Gasteiger charge is 2.58. The third kappa shape index (κ3) is 14.3. The molecule has 0 radical (unpaired) electrons. The molecule has 9 atom stereocenters. The molecule has 4 aliphatic rings. The molecule has 0 spiro atoms. The maximum Gasteiger partial charge on any atom is 0.509 e. The van der Waals surface area contributed by atoms with Crippen LogP contribution in [0, 0.1) is 40.9 Å². The van der Waals surface area contributed by atoms with Gasteiger partial charge < -0.3 is 28.4 Å². The van der Waals surface area contributed by atoms with Gasteiger partial charge in [-0.1, -0.05) is 138 Å². The topological polar surface area (TPSA) is 124 Å². The van der Waals surface area contributed by atoms with Crippen LogP contribution in [-0.2, 0) is 42.8 Å². The highest BCUT2D eigenvalue weighted by atomic mass is 16.8. The number of fused-ring (bicyclic) bond motifs is 4. The van der Waals surface area contributed by atoms with E-state index >= 15 is 0 Å². The lowest BCUT2D eigenvalue weighted by molar-refractivity contribution is -0.183. The van der Waals surface area contributed by atoms with Gasteiger partial charge in [-0.3, -0.25) is 9.59 Å². The van der Waals surface area contributed by atoms with Crippen molar-refractivity contribution in [3.63, 3.8) is 0 Å². The highest BCUT2D eigenvalue weighted by molar-refractivity contribution is 5.97. The van der Waals surface area contributed by atoms with E-state index in [-0.39, 0.29) is 60.8 Å². The van der Waals surface area contributed by atoms with Crippen LogP contribution in [0.5, 0.6) is 0 Å². The fourth-order valence-electron chi connectivity index (χ4n) is 10.4. The van der Waals surface area contributed by atoms with Crippen molar-refractivity contribution in [1.82, 2.24) is 0 Å². The van der Waals surface area contributed by atoms with E-state index in [1.807, 2.05) is 13.8 Å². The summed E-state index contributed by atoms with van der Waals surface area (Å²) in [5, 5.41) is 0. The molecule has 2 saturated heterocycles. The van der Waals surface area contributed by atoms with E-state index in [4.69, 9.17) is 28.4 Å². The van der Waals surface area contributed by atoms with Crippen molar-refractivity contribution in [2.45, 2.75) is 215 Å². The van der Waals surface area contributed by atoms with Gasteiger partial charge >= 0.3 is 18.1 Å². The molecule has 10 heteroatoms. The highest BCUT2D eigenvalue weighted by Crippen LogP contribution is 2.56. The molecule has 2 bridgehead atoms. The summed E-state index contributed by atoms with van der Waals surface area (Å²) >= 11 is 0. The number of ketones is 1. The Bertz CT molecular complexity index is 1320. The maximum absolute atomic E-state index is 13.6. The summed E-state index contributed by atoms with van der Waals surface area (Å²) in [6, 6.07) is 0. The minimum Gasteiger partial charge on any atom is -0.460 e. The standard InChI is InChI=1S/C48H80O10/c1-9-10-11-12-13-14-15-16-17-18-19-20-21-22-44-53-30-38(55-44)31-54-47(52)58-45-41(49)26-35(7)40-28-37-27-36(48(40,45)8)24-23-34(6)25-42(46(51)56-37)57-43(50)29-39(32(2)3)33(4)5/h26,32-34,36-40,42,44-45H,9-25,27-31H2,1-8H3/t34-,36?,37-,38?,40?,42?,44?,45+,48+/m0/s1. The zero-order valence-electron chi connectivity index (χ0n) is 37.6. The molecule has 5 unspecified atom stereocenters. The van der Waals surface area contributed by atoms with E-state index in [1.54, 1.807) is 6.08 Å². The molecule has 1 saturated carbocycles. The smallest absolute Gasteiger partial charge is 0.460 e. The van der Waals surface area contributed by atoms with E-state index in [1.165, 1.54) is 70.6 Å². The van der Waals surface area contributed by atoms with Gasteiger partial charge in [-0.25, -0.2) is 9.59 Å². The summed E-state index contributed by atoms with van der Waals surface area (Å²) in [5.41, 5.74) is 0.177. The Labute approximate surface area is 351 Å². The number of hydrogen-bond donors (Lipinski definition) is 0. The second-order valence-corrected chi connectivity index (χ2v) is 19.3. The van der Waals surface area contributed by atoms with E-state index in [0.29, 0.717) is 37.7 Å². The monoisotopic (exact) mass is 817 g/mol. The third-order valence-corrected chi connectivity index (χ3v) is 13.9. The van der Waals surface area contributed by atoms with Crippen LogP contribution >= 0.6 is 0 Å². The molecule has 58 heavy (non-hydrogen) atoms. The number of carbonyl (C=O) groups excluding carboxylic acids is 4. The van der Waals surface area contributed by atoms with Crippen LogP contribution in [-0.4, -0.2) is 67.8 Å². The molecule has 10 nitrogen and oxygen atoms in total. The van der Waals surface area contributed by atoms with Crippen LogP contribution in [0.2, 0.25) is 0 Å². The summed E-state index contributed by atoms with van der Waals surface area (Å²) < 4.78 is 35.4. The number of unbranched alkanes of at least 4 members (excludes halogenated alkanes) is 12. The lowest BCUT2D eigenvalue weighted by Crippen LogP contribution is -2.58. The van der Waals surface area contributed by atoms with Crippen molar-refractivity contribution >= 4 is 23.9 Å². The van der Waals surface area contributed by atoms with Crippen molar-refractivity contribution in [3.8, 4) is 0 Å². The first-order valence-electron chi connectivity index (χ1n) is 23.4. The Morgan fingerprint density at radius 2 is 1.47 bits per heavy atom. The molecule has 0 aromatic rings. The Hall–Kier alpha value is -2.46. The summed E-state index contributed by atoms with van der Waals surface area (Å²) in [5.74, 6) is -0.491. The van der Waals surface area contributed by atoms with Crippen LogP contribution in [0.3, 0.4) is 0 Å². The first kappa shape index (κ1) is 48.2. The van der Waals surface area contributed by atoms with Crippen LogP contribution in [0.25, 0.3) is 0 Å². The lowest BCUT2D eigenvalue weighted by Gasteiger charge is -2.54. The Kier molecular flexibility index (Phi) is 20.0. The van der Waals surface area contributed by atoms with Crippen molar-refractivity contribution in [2.24, 2.45) is 40.9 Å². The molecule has 2 aliphatic carbocycles. The number of hydrogen-bond acceptors (Lipinski definition) is 10. The minimum absolute atomic E-state index is 0.00976. The first-order chi connectivity index (χ1) is 27.7. The molecule has 2 heterocycles. The van der Waals surface area contributed by atoms with Crippen LogP contribution in [0.1, 0.15) is 184 Å². The number of esters is 2. The molecule has 2 aliphatic heterocycles. The first-order valence-corrected chi connectivity index (χ1v) is 23.4. The zero-order chi connectivity index (χ0) is 42.2. The van der Waals surface area contributed by atoms with Gasteiger partial charge in [0.05, 0.1) is 6.61 Å². The summed E-state index contributed by atoms with van der Waals surface area (Å²) in [4.78, 5) is 53.6. The second-order valence-electron chi connectivity index (χ2n) is 19.3. The molecule has 332 valence electrons. The van der Waals surface area contributed by atoms with E-state index in [2.05, 4.69) is 41.5 Å². The van der Waals surface area contributed by atoms with E-state index < -0.39 is 35.9 Å². The summed E-state index contributed by atoms with van der Waals surface area (Å²) in [6.45, 7) is 17.1. The van der Waals surface area contributed by atoms with Crippen LogP contribution < -0.4 is 0 Å². The van der Waals surface area contributed by atoms with Crippen LogP contribution in [0.4, 0.5) is 4.79 Å². The normalized spacial score (nSPS) is 30.2. The van der Waals surface area contributed by atoms with E-state index in [9.17, 15) is 19.2 Å². The molecule has 3 fully saturated rings. The van der Waals surface area contributed by atoms with Crippen molar-refractivity contribution in [1.29, 1.82) is 0 Å². The Morgan fingerprint density at radius 3 is 2.09 bits per heavy atom. The number of carbonyl (C=O) groups is 4. The molecule has 0 aromatic heterocycles. The molecule has 0 N–H and O–H groups in total. The van der Waals surface area contributed by atoms with Gasteiger partial charge in [0.25, 0.3) is 0 Å². The maximum atomic E-state index is 13.6. The quantitative estimate of drug-likeness (QED) is 0.0592. The van der Waals surface area contributed by atoms with Gasteiger partial charge in [0.2, 0.25) is 0 Å². The molecule has 4 rings (SSSR count). The zero-order valence-corrected chi connectivity index (χ0v) is 37.6.